The highest BCUT2D eigenvalue weighted by molar-refractivity contribution is 6.30. The predicted octanol–water partition coefficient (Wildman–Crippen LogP) is 3.62. The molecule has 0 saturated carbocycles. The fraction of sp³-hybridized carbons (Fsp3) is 0.562. The number of nitrogens with one attached hydrogen (secondary N) is 1. The standard InChI is InChI=1S/C16H21ClFNO/c1-16(2,12-4-3-7-19-10-12)15(20)8-11-5-6-13(17)9-14(11)18/h5-6,9,12,19H,3-4,7-8,10H2,1-2H3. The van der Waals surface area contributed by atoms with Crippen LogP contribution >= 0.6 is 11.6 Å². The Hall–Kier alpha value is -0.930. The number of benzene rings is 1. The van der Waals surface area contributed by atoms with E-state index in [1.54, 1.807) is 12.1 Å². The van der Waals surface area contributed by atoms with Crippen LogP contribution in [-0.4, -0.2) is 18.9 Å². The number of carbonyl (C=O) groups is 1. The van der Waals surface area contributed by atoms with Crippen molar-refractivity contribution in [2.24, 2.45) is 11.3 Å². The van der Waals surface area contributed by atoms with Gasteiger partial charge >= 0.3 is 0 Å². The van der Waals surface area contributed by atoms with E-state index < -0.39 is 11.2 Å². The van der Waals surface area contributed by atoms with Crippen molar-refractivity contribution in [3.8, 4) is 0 Å². The molecule has 1 aliphatic rings. The van der Waals surface area contributed by atoms with Gasteiger partial charge in [-0.05, 0) is 49.5 Å². The van der Waals surface area contributed by atoms with Crippen molar-refractivity contribution in [1.82, 2.24) is 5.32 Å². The van der Waals surface area contributed by atoms with E-state index in [0.29, 0.717) is 16.5 Å². The Morgan fingerprint density at radius 2 is 2.25 bits per heavy atom. The van der Waals surface area contributed by atoms with Crippen LogP contribution in [0.25, 0.3) is 0 Å². The zero-order valence-electron chi connectivity index (χ0n) is 12.0. The molecule has 1 heterocycles. The molecule has 2 rings (SSSR count). The van der Waals surface area contributed by atoms with E-state index in [1.807, 2.05) is 13.8 Å². The Labute approximate surface area is 124 Å². The van der Waals surface area contributed by atoms with Gasteiger partial charge in [0.2, 0.25) is 0 Å². The van der Waals surface area contributed by atoms with Crippen molar-refractivity contribution in [2.75, 3.05) is 13.1 Å². The van der Waals surface area contributed by atoms with E-state index in [1.165, 1.54) is 6.07 Å². The van der Waals surface area contributed by atoms with Gasteiger partial charge in [0.05, 0.1) is 0 Å². The van der Waals surface area contributed by atoms with Gasteiger partial charge in [-0.2, -0.15) is 0 Å². The molecule has 0 amide bonds. The summed E-state index contributed by atoms with van der Waals surface area (Å²) in [7, 11) is 0. The highest BCUT2D eigenvalue weighted by atomic mass is 35.5. The molecule has 0 spiro atoms. The largest absolute Gasteiger partial charge is 0.316 e. The Morgan fingerprint density at radius 3 is 2.85 bits per heavy atom. The van der Waals surface area contributed by atoms with Gasteiger partial charge in [0.25, 0.3) is 0 Å². The quantitative estimate of drug-likeness (QED) is 0.920. The van der Waals surface area contributed by atoms with Gasteiger partial charge in [-0.25, -0.2) is 4.39 Å². The highest BCUT2D eigenvalue weighted by Gasteiger charge is 2.36. The molecule has 0 aromatic heterocycles. The molecule has 1 unspecified atom stereocenters. The number of Topliss-reactive ketones (excluding diaryl/α,β-unsaturated/α-hetero) is 1. The average Bonchev–Trinajstić information content (AvgIpc) is 2.42. The van der Waals surface area contributed by atoms with Crippen molar-refractivity contribution < 1.29 is 9.18 Å². The highest BCUT2D eigenvalue weighted by Crippen LogP contribution is 2.34. The van der Waals surface area contributed by atoms with Crippen LogP contribution in [0.15, 0.2) is 18.2 Å². The molecule has 0 radical (unpaired) electrons. The van der Waals surface area contributed by atoms with Crippen LogP contribution in [0.1, 0.15) is 32.3 Å². The molecule has 20 heavy (non-hydrogen) atoms. The number of carbonyl (C=O) groups excluding carboxylic acids is 1. The second-order valence-electron chi connectivity index (χ2n) is 6.10. The maximum absolute atomic E-state index is 13.8. The molecule has 110 valence electrons. The number of hydrogen-bond acceptors (Lipinski definition) is 2. The third kappa shape index (κ3) is 3.39. The molecule has 1 aromatic rings. The van der Waals surface area contributed by atoms with Gasteiger partial charge in [0.15, 0.2) is 0 Å². The summed E-state index contributed by atoms with van der Waals surface area (Å²) in [5.74, 6) is 0.00922. The van der Waals surface area contributed by atoms with Crippen LogP contribution in [-0.2, 0) is 11.2 Å². The lowest BCUT2D eigenvalue weighted by molar-refractivity contribution is -0.129. The zero-order chi connectivity index (χ0) is 14.8. The number of ketones is 1. The molecule has 1 saturated heterocycles. The first-order valence-electron chi connectivity index (χ1n) is 7.09. The number of halogens is 2. The van der Waals surface area contributed by atoms with Crippen molar-refractivity contribution >= 4 is 17.4 Å². The third-order valence-electron chi connectivity index (χ3n) is 4.40. The topological polar surface area (TPSA) is 29.1 Å². The monoisotopic (exact) mass is 297 g/mol. The molecular formula is C16H21ClFNO. The second kappa shape index (κ2) is 6.23. The van der Waals surface area contributed by atoms with Crippen molar-refractivity contribution in [3.05, 3.63) is 34.6 Å². The molecule has 1 N–H and O–H groups in total. The smallest absolute Gasteiger partial charge is 0.143 e. The Morgan fingerprint density at radius 1 is 1.50 bits per heavy atom. The third-order valence-corrected chi connectivity index (χ3v) is 4.64. The van der Waals surface area contributed by atoms with Gasteiger partial charge in [0.1, 0.15) is 11.6 Å². The number of piperidine rings is 1. The van der Waals surface area contributed by atoms with Crippen LogP contribution < -0.4 is 5.32 Å². The minimum absolute atomic E-state index is 0.0902. The maximum Gasteiger partial charge on any atom is 0.143 e. The minimum atomic E-state index is -0.431. The predicted molar refractivity (Wildman–Crippen MR) is 79.5 cm³/mol. The lowest BCUT2D eigenvalue weighted by Gasteiger charge is -2.36. The van der Waals surface area contributed by atoms with E-state index in [9.17, 15) is 9.18 Å². The number of rotatable bonds is 4. The fourth-order valence-corrected chi connectivity index (χ4v) is 2.92. The first kappa shape index (κ1) is 15.5. The summed E-state index contributed by atoms with van der Waals surface area (Å²) in [6, 6.07) is 4.49. The lowest BCUT2D eigenvalue weighted by atomic mass is 9.71. The van der Waals surface area contributed by atoms with Crippen LogP contribution in [0, 0.1) is 17.2 Å². The molecule has 1 fully saturated rings. The Kier molecular flexibility index (Phi) is 4.82. The molecular weight excluding hydrogens is 277 g/mol. The Balaban J connectivity index is 2.09. The lowest BCUT2D eigenvalue weighted by Crippen LogP contribution is -2.43. The molecule has 1 atom stereocenters. The van der Waals surface area contributed by atoms with Gasteiger partial charge in [0, 0.05) is 16.9 Å². The fourth-order valence-electron chi connectivity index (χ4n) is 2.76. The van der Waals surface area contributed by atoms with E-state index >= 15 is 0 Å². The van der Waals surface area contributed by atoms with E-state index in [0.717, 1.165) is 25.9 Å². The second-order valence-corrected chi connectivity index (χ2v) is 6.54. The van der Waals surface area contributed by atoms with Crippen molar-refractivity contribution in [3.63, 3.8) is 0 Å². The molecule has 2 nitrogen and oxygen atoms in total. The van der Waals surface area contributed by atoms with Gasteiger partial charge in [-0.3, -0.25) is 4.79 Å². The molecule has 4 heteroatoms. The number of hydrogen-bond donors (Lipinski definition) is 1. The summed E-state index contributed by atoms with van der Waals surface area (Å²) >= 11 is 5.73. The molecule has 1 aliphatic heterocycles. The zero-order valence-corrected chi connectivity index (χ0v) is 12.8. The minimum Gasteiger partial charge on any atom is -0.316 e. The SMILES string of the molecule is CC(C)(C(=O)Cc1ccc(Cl)cc1F)C1CCCNC1. The van der Waals surface area contributed by atoms with Crippen LogP contribution in [0.4, 0.5) is 4.39 Å². The van der Waals surface area contributed by atoms with Crippen molar-refractivity contribution in [2.45, 2.75) is 33.1 Å². The van der Waals surface area contributed by atoms with Crippen LogP contribution in [0.2, 0.25) is 5.02 Å². The van der Waals surface area contributed by atoms with Crippen LogP contribution in [0.3, 0.4) is 0 Å². The van der Waals surface area contributed by atoms with Crippen molar-refractivity contribution in [1.29, 1.82) is 0 Å². The molecule has 0 bridgehead atoms. The Bertz CT molecular complexity index is 495. The van der Waals surface area contributed by atoms with E-state index in [-0.39, 0.29) is 12.2 Å². The summed E-state index contributed by atoms with van der Waals surface area (Å²) in [6.07, 6.45) is 2.28. The first-order chi connectivity index (χ1) is 9.41. The van der Waals surface area contributed by atoms with E-state index in [2.05, 4.69) is 5.32 Å². The summed E-state index contributed by atoms with van der Waals surface area (Å²) in [5, 5.41) is 3.69. The van der Waals surface area contributed by atoms with Gasteiger partial charge in [-0.1, -0.05) is 31.5 Å². The average molecular weight is 298 g/mol. The summed E-state index contributed by atoms with van der Waals surface area (Å²) in [4.78, 5) is 12.5. The summed E-state index contributed by atoms with van der Waals surface area (Å²) in [6.45, 7) is 5.83. The van der Waals surface area contributed by atoms with Gasteiger partial charge in [-0.15, -0.1) is 0 Å². The summed E-state index contributed by atoms with van der Waals surface area (Å²) in [5.41, 5.74) is -0.00398. The van der Waals surface area contributed by atoms with E-state index in [4.69, 9.17) is 11.6 Å². The molecule has 0 aliphatic carbocycles. The van der Waals surface area contributed by atoms with Crippen LogP contribution in [0.5, 0.6) is 0 Å². The maximum atomic E-state index is 13.8. The summed E-state index contributed by atoms with van der Waals surface area (Å²) < 4.78 is 13.8. The van der Waals surface area contributed by atoms with Gasteiger partial charge < -0.3 is 5.32 Å². The normalized spacial score (nSPS) is 19.9. The molecule has 1 aromatic carbocycles. The first-order valence-corrected chi connectivity index (χ1v) is 7.47.